The van der Waals surface area contributed by atoms with E-state index < -0.39 is 0 Å². The number of hydrogen-bond acceptors (Lipinski definition) is 2. The summed E-state index contributed by atoms with van der Waals surface area (Å²) >= 11 is 0. The minimum atomic E-state index is -0.143. The van der Waals surface area contributed by atoms with Crippen molar-refractivity contribution in [2.24, 2.45) is 11.0 Å². The molecule has 1 saturated carbocycles. The Bertz CT molecular complexity index is 380. The molecule has 1 aromatic carbocycles. The Kier molecular flexibility index (Phi) is 2.81. The maximum absolute atomic E-state index is 11.6. The zero-order chi connectivity index (χ0) is 10.7. The summed E-state index contributed by atoms with van der Waals surface area (Å²) in [5, 5.41) is 4.08. The van der Waals surface area contributed by atoms with Crippen LogP contribution in [-0.4, -0.2) is 11.6 Å². The summed E-state index contributed by atoms with van der Waals surface area (Å²) in [5.41, 5.74) is 4.24. The van der Waals surface area contributed by atoms with Crippen LogP contribution in [0.4, 0.5) is 0 Å². The third-order valence-corrected chi connectivity index (χ3v) is 2.54. The first-order chi connectivity index (χ1) is 7.27. The maximum atomic E-state index is 11.6. The molecule has 0 aliphatic heterocycles. The molecule has 0 radical (unpaired) electrons. The fraction of sp³-hybridized carbons (Fsp3) is 0.333. The fourth-order valence-electron chi connectivity index (χ4n) is 1.39. The molecule has 15 heavy (non-hydrogen) atoms. The summed E-state index contributed by atoms with van der Waals surface area (Å²) in [6.45, 7) is 1.96. The van der Waals surface area contributed by atoms with E-state index in [9.17, 15) is 4.79 Å². The van der Waals surface area contributed by atoms with Gasteiger partial charge in [0.05, 0.1) is 0 Å². The van der Waals surface area contributed by atoms with Gasteiger partial charge in [0.15, 0.2) is 0 Å². The Balaban J connectivity index is 1.95. The third kappa shape index (κ3) is 2.65. The van der Waals surface area contributed by atoms with Crippen molar-refractivity contribution in [2.45, 2.75) is 19.8 Å². The second kappa shape index (κ2) is 4.26. The van der Waals surface area contributed by atoms with Crippen LogP contribution in [0.3, 0.4) is 0 Å². The zero-order valence-electron chi connectivity index (χ0n) is 8.73. The van der Waals surface area contributed by atoms with Gasteiger partial charge in [-0.25, -0.2) is 5.43 Å². The van der Waals surface area contributed by atoms with E-state index in [0.29, 0.717) is 11.5 Å². The van der Waals surface area contributed by atoms with Crippen LogP contribution in [0.1, 0.15) is 30.1 Å². The molecule has 2 rings (SSSR count). The second-order valence-electron chi connectivity index (χ2n) is 3.83. The summed E-state index contributed by atoms with van der Waals surface area (Å²) in [5.74, 6) is 0.455. The Hall–Kier alpha value is -1.64. The molecular formula is C12H14N2O. The smallest absolute Gasteiger partial charge is 0.267 e. The van der Waals surface area contributed by atoms with Gasteiger partial charge >= 0.3 is 0 Å². The molecule has 0 saturated heterocycles. The number of benzene rings is 1. The minimum absolute atomic E-state index is 0.143. The van der Waals surface area contributed by atoms with Crippen molar-refractivity contribution in [3.8, 4) is 0 Å². The van der Waals surface area contributed by atoms with Crippen molar-refractivity contribution in [3.63, 3.8) is 0 Å². The molecule has 1 amide bonds. The molecule has 0 spiro atoms. The van der Waals surface area contributed by atoms with Crippen molar-refractivity contribution < 1.29 is 4.79 Å². The van der Waals surface area contributed by atoms with Crippen molar-refractivity contribution >= 4 is 11.6 Å². The van der Waals surface area contributed by atoms with Gasteiger partial charge in [0.25, 0.3) is 5.91 Å². The average molecular weight is 202 g/mol. The zero-order valence-corrected chi connectivity index (χ0v) is 8.73. The number of amides is 1. The van der Waals surface area contributed by atoms with Gasteiger partial charge < -0.3 is 0 Å². The van der Waals surface area contributed by atoms with Gasteiger partial charge in [-0.3, -0.25) is 4.79 Å². The fourth-order valence-corrected chi connectivity index (χ4v) is 1.39. The predicted molar refractivity (Wildman–Crippen MR) is 59.7 cm³/mol. The number of carbonyl (C=O) groups excluding carboxylic acids is 1. The monoisotopic (exact) mass is 202 g/mol. The lowest BCUT2D eigenvalue weighted by molar-refractivity contribution is 0.0954. The topological polar surface area (TPSA) is 41.5 Å². The highest BCUT2D eigenvalue weighted by Gasteiger charge is 2.24. The van der Waals surface area contributed by atoms with Crippen LogP contribution < -0.4 is 5.43 Å². The average Bonchev–Trinajstić information content (AvgIpc) is 3.10. The molecule has 1 N–H and O–H groups in total. The summed E-state index contributed by atoms with van der Waals surface area (Å²) in [7, 11) is 0. The van der Waals surface area contributed by atoms with Crippen molar-refractivity contribution in [1.29, 1.82) is 0 Å². The largest absolute Gasteiger partial charge is 0.271 e. The van der Waals surface area contributed by atoms with Gasteiger partial charge in [-0.15, -0.1) is 0 Å². The van der Waals surface area contributed by atoms with E-state index in [4.69, 9.17) is 0 Å². The Morgan fingerprint density at radius 2 is 2.00 bits per heavy atom. The molecule has 1 fully saturated rings. The van der Waals surface area contributed by atoms with Gasteiger partial charge in [0.1, 0.15) is 0 Å². The van der Waals surface area contributed by atoms with Crippen molar-refractivity contribution in [2.75, 3.05) is 0 Å². The number of hydrazone groups is 1. The van der Waals surface area contributed by atoms with E-state index in [0.717, 1.165) is 5.71 Å². The number of nitrogens with zero attached hydrogens (tertiary/aromatic N) is 1. The molecule has 78 valence electrons. The molecule has 0 unspecified atom stereocenters. The molecule has 0 bridgehead atoms. The second-order valence-corrected chi connectivity index (χ2v) is 3.83. The van der Waals surface area contributed by atoms with E-state index in [1.165, 1.54) is 12.8 Å². The number of rotatable bonds is 3. The predicted octanol–water partition coefficient (Wildman–Crippen LogP) is 2.20. The van der Waals surface area contributed by atoms with Gasteiger partial charge in [-0.05, 0) is 37.8 Å². The lowest BCUT2D eigenvalue weighted by atomic mass is 10.2. The van der Waals surface area contributed by atoms with Gasteiger partial charge in [0.2, 0.25) is 0 Å². The highest BCUT2D eigenvalue weighted by molar-refractivity contribution is 5.95. The molecular weight excluding hydrogens is 188 g/mol. The van der Waals surface area contributed by atoms with Crippen LogP contribution in [0.5, 0.6) is 0 Å². The number of nitrogens with one attached hydrogen (secondary N) is 1. The minimum Gasteiger partial charge on any atom is -0.267 e. The first-order valence-electron chi connectivity index (χ1n) is 5.17. The van der Waals surface area contributed by atoms with Crippen LogP contribution >= 0.6 is 0 Å². The van der Waals surface area contributed by atoms with Gasteiger partial charge in [-0.2, -0.15) is 5.10 Å². The Labute approximate surface area is 89.2 Å². The maximum Gasteiger partial charge on any atom is 0.271 e. The summed E-state index contributed by atoms with van der Waals surface area (Å²) in [4.78, 5) is 11.6. The third-order valence-electron chi connectivity index (χ3n) is 2.54. The summed E-state index contributed by atoms with van der Waals surface area (Å²) in [6, 6.07) is 9.11. The highest BCUT2D eigenvalue weighted by Crippen LogP contribution is 2.30. The standard InChI is InChI=1S/C12H14N2O/c1-9(10-7-8-10)13-14-12(15)11-5-3-2-4-6-11/h2-6,10H,7-8H2,1H3,(H,14,15)/b13-9-. The van der Waals surface area contributed by atoms with Crippen LogP contribution in [0.15, 0.2) is 35.4 Å². The van der Waals surface area contributed by atoms with Gasteiger partial charge in [0, 0.05) is 11.3 Å². The number of hydrogen-bond donors (Lipinski definition) is 1. The normalized spacial score (nSPS) is 16.2. The Morgan fingerprint density at radius 3 is 2.60 bits per heavy atom. The molecule has 0 aromatic heterocycles. The van der Waals surface area contributed by atoms with E-state index in [1.54, 1.807) is 12.1 Å². The molecule has 1 aliphatic rings. The van der Waals surface area contributed by atoms with E-state index in [-0.39, 0.29) is 5.91 Å². The van der Waals surface area contributed by atoms with E-state index in [2.05, 4.69) is 10.5 Å². The highest BCUT2D eigenvalue weighted by atomic mass is 16.2. The van der Waals surface area contributed by atoms with Crippen LogP contribution in [-0.2, 0) is 0 Å². The lowest BCUT2D eigenvalue weighted by Crippen LogP contribution is -2.19. The van der Waals surface area contributed by atoms with Crippen LogP contribution in [0, 0.1) is 5.92 Å². The molecule has 3 heteroatoms. The SMILES string of the molecule is C/C(=N/NC(=O)c1ccccc1)C1CC1. The Morgan fingerprint density at radius 1 is 1.33 bits per heavy atom. The first kappa shape index (κ1) is 9.90. The molecule has 0 heterocycles. The van der Waals surface area contributed by atoms with Crippen molar-refractivity contribution in [1.82, 2.24) is 5.43 Å². The lowest BCUT2D eigenvalue weighted by Gasteiger charge is -2.00. The van der Waals surface area contributed by atoms with E-state index >= 15 is 0 Å². The molecule has 3 nitrogen and oxygen atoms in total. The van der Waals surface area contributed by atoms with Crippen LogP contribution in [0.25, 0.3) is 0 Å². The van der Waals surface area contributed by atoms with Crippen LogP contribution in [0.2, 0.25) is 0 Å². The number of carbonyl (C=O) groups is 1. The van der Waals surface area contributed by atoms with Gasteiger partial charge in [-0.1, -0.05) is 18.2 Å². The van der Waals surface area contributed by atoms with E-state index in [1.807, 2.05) is 25.1 Å². The van der Waals surface area contributed by atoms with Crippen molar-refractivity contribution in [3.05, 3.63) is 35.9 Å². The summed E-state index contributed by atoms with van der Waals surface area (Å²) < 4.78 is 0. The first-order valence-corrected chi connectivity index (χ1v) is 5.17. The molecule has 0 atom stereocenters. The molecule has 1 aromatic rings. The summed E-state index contributed by atoms with van der Waals surface area (Å²) in [6.07, 6.45) is 2.41. The quantitative estimate of drug-likeness (QED) is 0.592. The molecule has 1 aliphatic carbocycles.